The molecule has 1 aliphatic rings. The zero-order valence-electron chi connectivity index (χ0n) is 14.5. The van der Waals surface area contributed by atoms with Gasteiger partial charge in [-0.3, -0.25) is 9.69 Å². The summed E-state index contributed by atoms with van der Waals surface area (Å²) >= 11 is 3.15. The first-order valence-electron chi connectivity index (χ1n) is 8.72. The Hall–Kier alpha value is -1.97. The van der Waals surface area contributed by atoms with Crippen LogP contribution >= 0.6 is 22.7 Å². The molecule has 138 valence electrons. The Kier molecular flexibility index (Phi) is 4.68. The number of amides is 1. The Balaban J connectivity index is 1.70. The first kappa shape index (κ1) is 17.4. The third kappa shape index (κ3) is 3.00. The van der Waals surface area contributed by atoms with Crippen LogP contribution < -0.4 is 5.73 Å². The number of aromatic nitrogens is 3. The van der Waals surface area contributed by atoms with Crippen molar-refractivity contribution in [2.24, 2.45) is 11.7 Å². The highest BCUT2D eigenvalue weighted by atomic mass is 32.1. The van der Waals surface area contributed by atoms with Crippen molar-refractivity contribution in [1.82, 2.24) is 19.5 Å². The van der Waals surface area contributed by atoms with Crippen LogP contribution in [0.3, 0.4) is 0 Å². The minimum Gasteiger partial charge on any atom is -0.492 e. The van der Waals surface area contributed by atoms with Crippen molar-refractivity contribution in [3.05, 3.63) is 33.1 Å². The van der Waals surface area contributed by atoms with Crippen LogP contribution in [0.25, 0.3) is 4.96 Å². The minimum absolute atomic E-state index is 0.0533. The average Bonchev–Trinajstić information content (AvgIpc) is 3.35. The monoisotopic (exact) mass is 391 g/mol. The van der Waals surface area contributed by atoms with Crippen molar-refractivity contribution in [1.29, 1.82) is 0 Å². The van der Waals surface area contributed by atoms with Crippen LogP contribution in [0.15, 0.2) is 17.5 Å². The van der Waals surface area contributed by atoms with E-state index in [1.807, 2.05) is 18.4 Å². The van der Waals surface area contributed by atoms with E-state index in [4.69, 9.17) is 5.73 Å². The number of fused-ring (bicyclic) bond motifs is 1. The highest BCUT2D eigenvalue weighted by molar-refractivity contribution is 7.17. The van der Waals surface area contributed by atoms with E-state index in [0.717, 1.165) is 47.9 Å². The van der Waals surface area contributed by atoms with Gasteiger partial charge in [0.15, 0.2) is 5.82 Å². The maximum atomic E-state index is 11.5. The van der Waals surface area contributed by atoms with Crippen molar-refractivity contribution in [3.8, 4) is 5.88 Å². The molecule has 0 spiro atoms. The van der Waals surface area contributed by atoms with Gasteiger partial charge in [0.05, 0.1) is 10.9 Å². The second-order valence-corrected chi connectivity index (χ2v) is 8.48. The van der Waals surface area contributed by atoms with E-state index in [1.165, 1.54) is 15.9 Å². The number of carbonyl (C=O) groups is 1. The third-order valence-electron chi connectivity index (χ3n) is 4.92. The SMILES string of the molecule is CCc1nc2sc(C(c3cccs3)N3CCC(C(N)=O)CC3)c(O)n2n1. The molecule has 26 heavy (non-hydrogen) atoms. The van der Waals surface area contributed by atoms with E-state index in [-0.39, 0.29) is 23.7 Å². The topological polar surface area (TPSA) is 96.8 Å². The standard InChI is InChI=1S/C17H21N5O2S2/c1-2-12-19-17-22(20-12)16(24)14(26-17)13(11-4-3-9-25-11)21-7-5-10(6-8-21)15(18)23/h3-4,9-10,13,24H,2,5-8H2,1H3,(H2,18,23). The molecule has 3 aromatic rings. The largest absolute Gasteiger partial charge is 0.492 e. The Morgan fingerprint density at radius 3 is 2.81 bits per heavy atom. The minimum atomic E-state index is -0.217. The third-order valence-corrected chi connectivity index (χ3v) is 6.92. The van der Waals surface area contributed by atoms with Crippen LogP contribution in [0.1, 0.15) is 41.4 Å². The molecule has 0 radical (unpaired) electrons. The van der Waals surface area contributed by atoms with Gasteiger partial charge in [0.1, 0.15) is 0 Å². The van der Waals surface area contributed by atoms with Gasteiger partial charge in [-0.1, -0.05) is 24.3 Å². The number of aryl methyl sites for hydroxylation is 1. The summed E-state index contributed by atoms with van der Waals surface area (Å²) in [5, 5.41) is 17.2. The number of nitrogens with two attached hydrogens (primary N) is 1. The van der Waals surface area contributed by atoms with Crippen LogP contribution in [-0.4, -0.2) is 43.6 Å². The molecule has 0 aromatic carbocycles. The number of aromatic hydroxyl groups is 1. The molecule has 1 saturated heterocycles. The van der Waals surface area contributed by atoms with E-state index in [2.05, 4.69) is 21.0 Å². The summed E-state index contributed by atoms with van der Waals surface area (Å²) in [4.78, 5) is 21.0. The van der Waals surface area contributed by atoms with E-state index in [0.29, 0.717) is 4.96 Å². The highest BCUT2D eigenvalue weighted by Crippen LogP contribution is 2.42. The molecule has 9 heteroatoms. The van der Waals surface area contributed by atoms with Gasteiger partial charge in [0, 0.05) is 17.2 Å². The highest BCUT2D eigenvalue weighted by Gasteiger charge is 2.33. The summed E-state index contributed by atoms with van der Waals surface area (Å²) < 4.78 is 1.54. The number of hydrogen-bond donors (Lipinski definition) is 2. The predicted octanol–water partition coefficient (Wildman–Crippen LogP) is 2.41. The van der Waals surface area contributed by atoms with Crippen molar-refractivity contribution >= 4 is 33.5 Å². The van der Waals surface area contributed by atoms with Crippen LogP contribution in [0.4, 0.5) is 0 Å². The predicted molar refractivity (Wildman–Crippen MR) is 102 cm³/mol. The van der Waals surface area contributed by atoms with E-state index < -0.39 is 0 Å². The summed E-state index contributed by atoms with van der Waals surface area (Å²) in [6.07, 6.45) is 2.23. The van der Waals surface area contributed by atoms with Crippen LogP contribution in [0.5, 0.6) is 5.88 Å². The molecule has 0 aliphatic carbocycles. The number of likely N-dealkylation sites (tertiary alicyclic amines) is 1. The zero-order chi connectivity index (χ0) is 18.3. The zero-order valence-corrected chi connectivity index (χ0v) is 16.1. The summed E-state index contributed by atoms with van der Waals surface area (Å²) in [6.45, 7) is 3.53. The number of hydrogen-bond acceptors (Lipinski definition) is 7. The van der Waals surface area contributed by atoms with Gasteiger partial charge in [-0.25, -0.2) is 4.98 Å². The molecule has 3 aromatic heterocycles. The first-order valence-corrected chi connectivity index (χ1v) is 10.4. The maximum Gasteiger partial charge on any atom is 0.230 e. The number of thiazole rings is 1. The number of primary amides is 1. The summed E-state index contributed by atoms with van der Waals surface area (Å²) in [5.74, 6) is 0.616. The molecule has 0 saturated carbocycles. The second kappa shape index (κ2) is 6.98. The summed E-state index contributed by atoms with van der Waals surface area (Å²) in [6, 6.07) is 4.05. The Labute approximate surface area is 159 Å². The van der Waals surface area contributed by atoms with E-state index in [9.17, 15) is 9.90 Å². The van der Waals surface area contributed by atoms with Gasteiger partial charge >= 0.3 is 0 Å². The number of rotatable bonds is 5. The van der Waals surface area contributed by atoms with E-state index in [1.54, 1.807) is 11.3 Å². The van der Waals surface area contributed by atoms with Crippen LogP contribution in [0, 0.1) is 5.92 Å². The number of thiophene rings is 1. The van der Waals surface area contributed by atoms with Crippen molar-refractivity contribution in [2.45, 2.75) is 32.2 Å². The Morgan fingerprint density at radius 2 is 2.23 bits per heavy atom. The fourth-order valence-corrected chi connectivity index (χ4v) is 5.55. The lowest BCUT2D eigenvalue weighted by Gasteiger charge is -2.35. The quantitative estimate of drug-likeness (QED) is 0.696. The molecule has 4 rings (SSSR count). The molecule has 1 aliphatic heterocycles. The van der Waals surface area contributed by atoms with Gasteiger partial charge in [0.25, 0.3) is 0 Å². The van der Waals surface area contributed by atoms with Crippen molar-refractivity contribution in [2.75, 3.05) is 13.1 Å². The molecular weight excluding hydrogens is 370 g/mol. The lowest BCUT2D eigenvalue weighted by Crippen LogP contribution is -2.40. The molecular formula is C17H21N5O2S2. The second-order valence-electron chi connectivity index (χ2n) is 6.50. The number of piperidine rings is 1. The average molecular weight is 392 g/mol. The normalized spacial score (nSPS) is 17.7. The van der Waals surface area contributed by atoms with Gasteiger partial charge in [-0.15, -0.1) is 16.4 Å². The molecule has 3 N–H and O–H groups in total. The maximum absolute atomic E-state index is 11.5. The molecule has 1 unspecified atom stereocenters. The van der Waals surface area contributed by atoms with Crippen molar-refractivity contribution < 1.29 is 9.90 Å². The number of carbonyl (C=O) groups excluding carboxylic acids is 1. The molecule has 7 nitrogen and oxygen atoms in total. The first-order chi connectivity index (χ1) is 12.6. The van der Waals surface area contributed by atoms with Gasteiger partial charge in [-0.05, 0) is 37.4 Å². The fourth-order valence-electron chi connectivity index (χ4n) is 3.48. The molecule has 1 atom stereocenters. The molecule has 4 heterocycles. The Morgan fingerprint density at radius 1 is 1.46 bits per heavy atom. The number of nitrogens with zero attached hydrogens (tertiary/aromatic N) is 4. The van der Waals surface area contributed by atoms with Crippen LogP contribution in [-0.2, 0) is 11.2 Å². The smallest absolute Gasteiger partial charge is 0.230 e. The van der Waals surface area contributed by atoms with Crippen LogP contribution in [0.2, 0.25) is 0 Å². The summed E-state index contributed by atoms with van der Waals surface area (Å²) in [7, 11) is 0. The fraction of sp³-hybridized carbons (Fsp3) is 0.471. The molecule has 1 amide bonds. The van der Waals surface area contributed by atoms with Gasteiger partial charge in [-0.2, -0.15) is 4.52 Å². The molecule has 0 bridgehead atoms. The summed E-state index contributed by atoms with van der Waals surface area (Å²) in [5.41, 5.74) is 5.47. The molecule has 1 fully saturated rings. The van der Waals surface area contributed by atoms with Crippen molar-refractivity contribution in [3.63, 3.8) is 0 Å². The lowest BCUT2D eigenvalue weighted by atomic mass is 9.94. The van der Waals surface area contributed by atoms with Gasteiger partial charge in [0.2, 0.25) is 16.7 Å². The lowest BCUT2D eigenvalue weighted by molar-refractivity contribution is -0.123. The van der Waals surface area contributed by atoms with E-state index >= 15 is 0 Å². The Bertz CT molecular complexity index is 909. The van der Waals surface area contributed by atoms with Gasteiger partial charge < -0.3 is 10.8 Å².